The molecule has 21 heavy (non-hydrogen) atoms. The summed E-state index contributed by atoms with van der Waals surface area (Å²) in [5, 5.41) is 9.77. The number of nitrogens with zero attached hydrogens (tertiary/aromatic N) is 3. The Bertz CT molecular complexity index is 693. The Balaban J connectivity index is 1.62. The van der Waals surface area contributed by atoms with Crippen molar-refractivity contribution in [1.29, 1.82) is 0 Å². The molecule has 2 heterocycles. The summed E-state index contributed by atoms with van der Waals surface area (Å²) in [5.41, 5.74) is 2.56. The summed E-state index contributed by atoms with van der Waals surface area (Å²) in [4.78, 5) is 5.31. The zero-order chi connectivity index (χ0) is 14.5. The number of rotatable bonds is 6. The number of hydrogen-bond donors (Lipinski definition) is 1. The molecule has 0 radical (unpaired) electrons. The van der Waals surface area contributed by atoms with E-state index in [1.165, 1.54) is 16.0 Å². The Morgan fingerprint density at radius 1 is 1.19 bits per heavy atom. The lowest BCUT2D eigenvalue weighted by Gasteiger charge is -2.10. The van der Waals surface area contributed by atoms with Gasteiger partial charge >= 0.3 is 0 Å². The van der Waals surface area contributed by atoms with Crippen LogP contribution in [0.3, 0.4) is 0 Å². The molecule has 2 aromatic heterocycles. The summed E-state index contributed by atoms with van der Waals surface area (Å²) in [6.07, 6.45) is 3.31. The van der Waals surface area contributed by atoms with Gasteiger partial charge in [0.15, 0.2) is 0 Å². The van der Waals surface area contributed by atoms with Gasteiger partial charge < -0.3 is 5.32 Å². The standard InChI is InChI=1S/C15H15BrN4S/c16-14-5-15(21-9-14)7-17-6-12-3-1-2-4-13(12)8-20-11-18-10-19-20/h1-5,9-11,17H,6-8H2. The van der Waals surface area contributed by atoms with Crippen molar-refractivity contribution in [2.45, 2.75) is 19.6 Å². The van der Waals surface area contributed by atoms with Gasteiger partial charge in [-0.1, -0.05) is 24.3 Å². The van der Waals surface area contributed by atoms with Crippen LogP contribution in [0.2, 0.25) is 0 Å². The number of thiophene rings is 1. The van der Waals surface area contributed by atoms with Crippen LogP contribution in [-0.4, -0.2) is 14.8 Å². The fourth-order valence-corrected chi connectivity index (χ4v) is 3.56. The lowest BCUT2D eigenvalue weighted by Crippen LogP contribution is -2.14. The molecule has 0 unspecified atom stereocenters. The quantitative estimate of drug-likeness (QED) is 0.730. The van der Waals surface area contributed by atoms with Crippen LogP contribution in [0.25, 0.3) is 0 Å². The maximum atomic E-state index is 4.16. The molecule has 0 atom stereocenters. The van der Waals surface area contributed by atoms with Crippen LogP contribution in [0.15, 0.2) is 52.8 Å². The van der Waals surface area contributed by atoms with Crippen LogP contribution in [0.5, 0.6) is 0 Å². The van der Waals surface area contributed by atoms with Crippen molar-refractivity contribution >= 4 is 27.3 Å². The lowest BCUT2D eigenvalue weighted by molar-refractivity contribution is 0.657. The molecular formula is C15H15BrN4S. The van der Waals surface area contributed by atoms with Gasteiger partial charge in [0.25, 0.3) is 0 Å². The smallest absolute Gasteiger partial charge is 0.137 e. The van der Waals surface area contributed by atoms with E-state index in [2.05, 4.69) is 67.0 Å². The second kappa shape index (κ2) is 6.98. The van der Waals surface area contributed by atoms with E-state index in [-0.39, 0.29) is 0 Å². The molecule has 0 amide bonds. The minimum absolute atomic E-state index is 0.752. The maximum Gasteiger partial charge on any atom is 0.137 e. The number of halogens is 1. The van der Waals surface area contributed by atoms with E-state index in [1.54, 1.807) is 24.0 Å². The SMILES string of the molecule is Brc1csc(CNCc2ccccc2Cn2cncn2)c1. The summed E-state index contributed by atoms with van der Waals surface area (Å²) < 4.78 is 2.99. The minimum atomic E-state index is 0.752. The van der Waals surface area contributed by atoms with Crippen LogP contribution in [0.4, 0.5) is 0 Å². The predicted molar refractivity (Wildman–Crippen MR) is 88.1 cm³/mol. The highest BCUT2D eigenvalue weighted by atomic mass is 79.9. The van der Waals surface area contributed by atoms with Gasteiger partial charge in [-0.2, -0.15) is 5.10 Å². The van der Waals surface area contributed by atoms with Crippen LogP contribution in [-0.2, 0) is 19.6 Å². The van der Waals surface area contributed by atoms with Gasteiger partial charge in [0.1, 0.15) is 12.7 Å². The van der Waals surface area contributed by atoms with E-state index in [0.717, 1.165) is 24.1 Å². The number of nitrogens with one attached hydrogen (secondary N) is 1. The average molecular weight is 363 g/mol. The van der Waals surface area contributed by atoms with Crippen molar-refractivity contribution in [3.8, 4) is 0 Å². The summed E-state index contributed by atoms with van der Waals surface area (Å²) in [5.74, 6) is 0. The Morgan fingerprint density at radius 2 is 2.05 bits per heavy atom. The van der Waals surface area contributed by atoms with Gasteiger partial charge in [-0.3, -0.25) is 0 Å². The van der Waals surface area contributed by atoms with E-state index < -0.39 is 0 Å². The number of aromatic nitrogens is 3. The predicted octanol–water partition coefficient (Wildman–Crippen LogP) is 3.44. The molecule has 0 saturated carbocycles. The van der Waals surface area contributed by atoms with E-state index in [9.17, 15) is 0 Å². The highest BCUT2D eigenvalue weighted by molar-refractivity contribution is 9.10. The highest BCUT2D eigenvalue weighted by Gasteiger charge is 2.04. The molecule has 0 spiro atoms. The van der Waals surface area contributed by atoms with Crippen molar-refractivity contribution in [1.82, 2.24) is 20.1 Å². The monoisotopic (exact) mass is 362 g/mol. The number of hydrogen-bond acceptors (Lipinski definition) is 4. The van der Waals surface area contributed by atoms with Crippen LogP contribution in [0, 0.1) is 0 Å². The third-order valence-corrected chi connectivity index (χ3v) is 4.85. The van der Waals surface area contributed by atoms with E-state index in [0.29, 0.717) is 0 Å². The first-order valence-electron chi connectivity index (χ1n) is 6.64. The van der Waals surface area contributed by atoms with E-state index in [4.69, 9.17) is 0 Å². The van der Waals surface area contributed by atoms with Gasteiger partial charge in [-0.15, -0.1) is 11.3 Å². The zero-order valence-electron chi connectivity index (χ0n) is 11.4. The van der Waals surface area contributed by atoms with Crippen molar-refractivity contribution < 1.29 is 0 Å². The molecule has 0 aliphatic rings. The fraction of sp³-hybridized carbons (Fsp3) is 0.200. The van der Waals surface area contributed by atoms with Gasteiger partial charge in [-0.25, -0.2) is 9.67 Å². The number of benzene rings is 1. The molecule has 1 aromatic carbocycles. The molecule has 0 bridgehead atoms. The molecule has 0 saturated heterocycles. The average Bonchev–Trinajstić information content (AvgIpc) is 3.13. The highest BCUT2D eigenvalue weighted by Crippen LogP contribution is 2.19. The molecular weight excluding hydrogens is 348 g/mol. The van der Waals surface area contributed by atoms with Gasteiger partial charge in [-0.05, 0) is 33.1 Å². The normalized spacial score (nSPS) is 10.9. The third-order valence-electron chi connectivity index (χ3n) is 3.15. The van der Waals surface area contributed by atoms with Crippen molar-refractivity contribution in [2.24, 2.45) is 0 Å². The summed E-state index contributed by atoms with van der Waals surface area (Å²) in [6.45, 7) is 2.48. The van der Waals surface area contributed by atoms with Gasteiger partial charge in [0, 0.05) is 27.8 Å². The largest absolute Gasteiger partial charge is 0.308 e. The first-order valence-corrected chi connectivity index (χ1v) is 8.31. The first-order chi connectivity index (χ1) is 10.3. The van der Waals surface area contributed by atoms with Crippen molar-refractivity contribution in [3.05, 3.63) is 68.8 Å². The van der Waals surface area contributed by atoms with Crippen LogP contribution < -0.4 is 5.32 Å². The molecule has 0 aliphatic heterocycles. The topological polar surface area (TPSA) is 42.7 Å². The van der Waals surface area contributed by atoms with Crippen molar-refractivity contribution in [2.75, 3.05) is 0 Å². The molecule has 6 heteroatoms. The van der Waals surface area contributed by atoms with Gasteiger partial charge in [0.2, 0.25) is 0 Å². The molecule has 1 N–H and O–H groups in total. The fourth-order valence-electron chi connectivity index (χ4n) is 2.14. The maximum absolute atomic E-state index is 4.16. The van der Waals surface area contributed by atoms with E-state index in [1.807, 2.05) is 4.68 Å². The van der Waals surface area contributed by atoms with Crippen LogP contribution >= 0.6 is 27.3 Å². The zero-order valence-corrected chi connectivity index (χ0v) is 13.8. The Hall–Kier alpha value is -1.50. The molecule has 3 rings (SSSR count). The summed E-state index contributed by atoms with van der Waals surface area (Å²) in [7, 11) is 0. The third kappa shape index (κ3) is 4.00. The van der Waals surface area contributed by atoms with Crippen LogP contribution in [0.1, 0.15) is 16.0 Å². The Labute approximate surface area is 136 Å². The van der Waals surface area contributed by atoms with E-state index >= 15 is 0 Å². The molecule has 108 valence electrons. The minimum Gasteiger partial charge on any atom is -0.308 e. The second-order valence-electron chi connectivity index (χ2n) is 4.70. The first kappa shape index (κ1) is 14.4. The molecule has 3 aromatic rings. The molecule has 0 fully saturated rings. The van der Waals surface area contributed by atoms with Gasteiger partial charge in [0.05, 0.1) is 6.54 Å². The molecule has 0 aliphatic carbocycles. The summed E-state index contributed by atoms with van der Waals surface area (Å²) >= 11 is 5.24. The second-order valence-corrected chi connectivity index (χ2v) is 6.61. The Morgan fingerprint density at radius 3 is 2.76 bits per heavy atom. The summed E-state index contributed by atoms with van der Waals surface area (Å²) in [6, 6.07) is 10.6. The van der Waals surface area contributed by atoms with Crippen molar-refractivity contribution in [3.63, 3.8) is 0 Å². The molecule has 4 nitrogen and oxygen atoms in total. The Kier molecular flexibility index (Phi) is 4.80. The lowest BCUT2D eigenvalue weighted by atomic mass is 10.1.